The summed E-state index contributed by atoms with van der Waals surface area (Å²) < 4.78 is 33.0. The summed E-state index contributed by atoms with van der Waals surface area (Å²) in [6.45, 7) is 0.828. The fraction of sp³-hybridized carbons (Fsp3) is 0.385. The van der Waals surface area contributed by atoms with E-state index in [4.69, 9.17) is 28.4 Å². The molecule has 0 aromatic heterocycles. The lowest BCUT2D eigenvalue weighted by Gasteiger charge is -2.28. The van der Waals surface area contributed by atoms with Gasteiger partial charge in [-0.15, -0.1) is 0 Å². The number of ether oxygens (including phenoxy) is 6. The summed E-state index contributed by atoms with van der Waals surface area (Å²) in [7, 11) is 4.47. The Morgan fingerprint density at radius 2 is 1.81 bits per heavy atom. The summed E-state index contributed by atoms with van der Waals surface area (Å²) in [6.07, 6.45) is 1.45. The van der Waals surface area contributed by atoms with Crippen LogP contribution in [0, 0.1) is 0 Å². The van der Waals surface area contributed by atoms with Crippen molar-refractivity contribution in [3.63, 3.8) is 0 Å². The van der Waals surface area contributed by atoms with E-state index in [1.165, 1.54) is 26.2 Å². The van der Waals surface area contributed by atoms with Gasteiger partial charge in [0.05, 0.1) is 39.0 Å². The van der Waals surface area contributed by atoms with E-state index >= 15 is 0 Å². The molecular weight excluding hydrogens is 470 g/mol. The van der Waals surface area contributed by atoms with Crippen LogP contribution in [0.5, 0.6) is 28.7 Å². The predicted molar refractivity (Wildman–Crippen MR) is 127 cm³/mol. The van der Waals surface area contributed by atoms with Crippen molar-refractivity contribution in [1.29, 1.82) is 0 Å². The number of rotatable bonds is 7. The highest BCUT2D eigenvalue weighted by Crippen LogP contribution is 2.48. The number of benzene rings is 2. The van der Waals surface area contributed by atoms with Gasteiger partial charge in [-0.2, -0.15) is 0 Å². The van der Waals surface area contributed by atoms with Gasteiger partial charge < -0.3 is 38.4 Å². The van der Waals surface area contributed by atoms with E-state index < -0.39 is 17.7 Å². The molecule has 190 valence electrons. The second-order valence-corrected chi connectivity index (χ2v) is 8.61. The average Bonchev–Trinajstić information content (AvgIpc) is 3.64. The van der Waals surface area contributed by atoms with Crippen LogP contribution in [-0.4, -0.2) is 69.1 Å². The molecule has 0 spiro atoms. The SMILES string of the molecule is COc1ccc(C(O)=C2C(=O)C(=O)N(C[C@H]3CCCO3)[C@@H]2c2cc(OC)c3c(c2)OCO3)cc1OC. The van der Waals surface area contributed by atoms with Crippen molar-refractivity contribution in [2.75, 3.05) is 41.3 Å². The van der Waals surface area contributed by atoms with Crippen LogP contribution < -0.4 is 23.7 Å². The van der Waals surface area contributed by atoms with Crippen molar-refractivity contribution in [3.8, 4) is 28.7 Å². The van der Waals surface area contributed by atoms with Gasteiger partial charge in [0.25, 0.3) is 11.7 Å². The molecule has 2 atom stereocenters. The van der Waals surface area contributed by atoms with Gasteiger partial charge in [0.2, 0.25) is 12.5 Å². The van der Waals surface area contributed by atoms with Gasteiger partial charge in [-0.1, -0.05) is 0 Å². The standard InChI is InChI=1S/C26H27NO9/c1-31-17-7-6-14(9-18(17)32-2)23(28)21-22(15-10-19(33-3)25-20(11-15)35-13-36-25)27(26(30)24(21)29)12-16-5-4-8-34-16/h6-7,9-11,16,22,28H,4-5,8,12-13H2,1-3H3/t16-,22-/m1/s1. The summed E-state index contributed by atoms with van der Waals surface area (Å²) in [5.41, 5.74) is 0.793. The molecule has 3 aliphatic heterocycles. The van der Waals surface area contributed by atoms with Crippen LogP contribution in [0.25, 0.3) is 5.76 Å². The zero-order valence-electron chi connectivity index (χ0n) is 20.2. The molecule has 0 aliphatic carbocycles. The predicted octanol–water partition coefficient (Wildman–Crippen LogP) is 3.04. The van der Waals surface area contributed by atoms with Crippen LogP contribution in [0.3, 0.4) is 0 Å². The summed E-state index contributed by atoms with van der Waals surface area (Å²) >= 11 is 0. The third kappa shape index (κ3) is 3.97. The van der Waals surface area contributed by atoms with Gasteiger partial charge in [-0.05, 0) is 48.7 Å². The lowest BCUT2D eigenvalue weighted by atomic mass is 9.94. The number of nitrogens with zero attached hydrogens (tertiary/aromatic N) is 1. The van der Waals surface area contributed by atoms with E-state index in [0.29, 0.717) is 46.5 Å². The fourth-order valence-corrected chi connectivity index (χ4v) is 4.87. The zero-order chi connectivity index (χ0) is 25.4. The first-order chi connectivity index (χ1) is 17.5. The quantitative estimate of drug-likeness (QED) is 0.350. The molecule has 2 fully saturated rings. The van der Waals surface area contributed by atoms with E-state index in [2.05, 4.69) is 0 Å². The molecule has 36 heavy (non-hydrogen) atoms. The van der Waals surface area contributed by atoms with Gasteiger partial charge in [-0.25, -0.2) is 0 Å². The normalized spacial score (nSPS) is 22.2. The third-order valence-corrected chi connectivity index (χ3v) is 6.62. The number of amides is 1. The zero-order valence-corrected chi connectivity index (χ0v) is 20.2. The first-order valence-corrected chi connectivity index (χ1v) is 11.6. The molecule has 1 N–H and O–H groups in total. The molecule has 2 aromatic carbocycles. The maximum absolute atomic E-state index is 13.4. The molecule has 3 aliphatic rings. The van der Waals surface area contributed by atoms with Crippen molar-refractivity contribution < 1.29 is 43.1 Å². The molecule has 0 saturated carbocycles. The average molecular weight is 498 g/mol. The minimum Gasteiger partial charge on any atom is -0.507 e. The first kappa shape index (κ1) is 23.8. The van der Waals surface area contributed by atoms with Gasteiger partial charge in [0, 0.05) is 18.7 Å². The minimum absolute atomic E-state index is 0.0247. The van der Waals surface area contributed by atoms with E-state index in [1.54, 1.807) is 30.3 Å². The number of methoxy groups -OCH3 is 3. The number of Topliss-reactive ketones (excluding diaryl/α,β-unsaturated/α-hetero) is 1. The Labute approximate surface area is 207 Å². The largest absolute Gasteiger partial charge is 0.507 e. The minimum atomic E-state index is -0.898. The van der Waals surface area contributed by atoms with Crippen molar-refractivity contribution >= 4 is 17.4 Å². The number of hydrogen-bond donors (Lipinski definition) is 1. The van der Waals surface area contributed by atoms with Gasteiger partial charge in [0.1, 0.15) is 5.76 Å². The molecule has 0 bridgehead atoms. The van der Waals surface area contributed by atoms with Gasteiger partial charge >= 0.3 is 0 Å². The van der Waals surface area contributed by atoms with Crippen LogP contribution in [0.15, 0.2) is 35.9 Å². The van der Waals surface area contributed by atoms with Crippen molar-refractivity contribution in [2.24, 2.45) is 0 Å². The van der Waals surface area contributed by atoms with E-state index in [1.807, 2.05) is 0 Å². The summed E-state index contributed by atoms with van der Waals surface area (Å²) in [4.78, 5) is 28.1. The molecule has 5 rings (SSSR count). The molecule has 2 aromatic rings. The van der Waals surface area contributed by atoms with E-state index in [9.17, 15) is 14.7 Å². The number of carbonyl (C=O) groups is 2. The smallest absolute Gasteiger partial charge is 0.295 e. The Balaban J connectivity index is 1.66. The Hall–Kier alpha value is -3.92. The number of aliphatic hydroxyl groups is 1. The third-order valence-electron chi connectivity index (χ3n) is 6.62. The van der Waals surface area contributed by atoms with Crippen molar-refractivity contribution in [3.05, 3.63) is 47.0 Å². The van der Waals surface area contributed by atoms with Crippen LogP contribution in [-0.2, 0) is 14.3 Å². The molecule has 0 radical (unpaired) electrons. The second kappa shape index (κ2) is 9.62. The van der Waals surface area contributed by atoms with E-state index in [-0.39, 0.29) is 30.8 Å². The number of likely N-dealkylation sites (tertiary alicyclic amines) is 1. The number of aliphatic hydroxyl groups excluding tert-OH is 1. The first-order valence-electron chi connectivity index (χ1n) is 11.6. The molecule has 3 heterocycles. The summed E-state index contributed by atoms with van der Waals surface area (Å²) in [5, 5.41) is 11.4. The fourth-order valence-electron chi connectivity index (χ4n) is 4.87. The lowest BCUT2D eigenvalue weighted by molar-refractivity contribution is -0.140. The molecular formula is C26H27NO9. The molecule has 2 saturated heterocycles. The monoisotopic (exact) mass is 497 g/mol. The lowest BCUT2D eigenvalue weighted by Crippen LogP contribution is -2.36. The Morgan fingerprint density at radius 3 is 2.50 bits per heavy atom. The highest BCUT2D eigenvalue weighted by Gasteiger charge is 2.47. The number of carbonyl (C=O) groups excluding carboxylic acids is 2. The highest BCUT2D eigenvalue weighted by atomic mass is 16.7. The Bertz CT molecular complexity index is 1230. The molecule has 10 heteroatoms. The van der Waals surface area contributed by atoms with Crippen LogP contribution in [0.4, 0.5) is 0 Å². The van der Waals surface area contributed by atoms with Crippen LogP contribution in [0.1, 0.15) is 30.0 Å². The Morgan fingerprint density at radius 1 is 1.03 bits per heavy atom. The number of ketones is 1. The number of hydrogen-bond acceptors (Lipinski definition) is 9. The topological polar surface area (TPSA) is 113 Å². The second-order valence-electron chi connectivity index (χ2n) is 8.61. The Kier molecular flexibility index (Phi) is 6.36. The summed E-state index contributed by atoms with van der Waals surface area (Å²) in [6, 6.07) is 7.26. The van der Waals surface area contributed by atoms with Gasteiger partial charge in [0.15, 0.2) is 23.0 Å². The van der Waals surface area contributed by atoms with Crippen molar-refractivity contribution in [2.45, 2.75) is 25.0 Å². The molecule has 10 nitrogen and oxygen atoms in total. The maximum Gasteiger partial charge on any atom is 0.295 e. The number of fused-ring (bicyclic) bond motifs is 1. The van der Waals surface area contributed by atoms with E-state index in [0.717, 1.165) is 12.8 Å². The highest BCUT2D eigenvalue weighted by molar-refractivity contribution is 6.46. The summed E-state index contributed by atoms with van der Waals surface area (Å²) in [5.74, 6) is 0.271. The molecule has 0 unspecified atom stereocenters. The van der Waals surface area contributed by atoms with Gasteiger partial charge in [-0.3, -0.25) is 9.59 Å². The molecule has 1 amide bonds. The van der Waals surface area contributed by atoms with Crippen LogP contribution >= 0.6 is 0 Å². The van der Waals surface area contributed by atoms with Crippen molar-refractivity contribution in [1.82, 2.24) is 4.90 Å². The van der Waals surface area contributed by atoms with Crippen LogP contribution in [0.2, 0.25) is 0 Å². The maximum atomic E-state index is 13.4.